The molecular weight excluding hydrogens is 1840 g/mol. The number of carboxylic acids is 1. The molecule has 0 radical (unpaired) electrons. The van der Waals surface area contributed by atoms with Crippen LogP contribution >= 0.6 is 7.60 Å². The van der Waals surface area contributed by atoms with E-state index in [0.717, 1.165) is 170 Å². The molecule has 8 aliphatic rings. The molecular formula is C101H153N14O25P. The number of ether oxygens (including phenoxy) is 11. The van der Waals surface area contributed by atoms with Crippen molar-refractivity contribution in [2.24, 2.45) is 38.9 Å². The summed E-state index contributed by atoms with van der Waals surface area (Å²) in [6.45, 7) is 40.3. The first-order valence-electron chi connectivity index (χ1n) is 49.6. The Morgan fingerprint density at radius 1 is 0.461 bits per heavy atom. The molecule has 141 heavy (non-hydrogen) atoms. The van der Waals surface area contributed by atoms with Crippen molar-refractivity contribution in [2.75, 3.05) is 87.4 Å². The zero-order chi connectivity index (χ0) is 104. The quantitative estimate of drug-likeness (QED) is 0.00553. The molecule has 6 aromatic heterocycles. The molecule has 1 N–H and O–H groups in total. The smallest absolute Gasteiger partial charge is 0.446 e. The van der Waals surface area contributed by atoms with Crippen LogP contribution in [0, 0.1) is 38.9 Å². The van der Waals surface area contributed by atoms with Gasteiger partial charge in [-0.3, -0.25) is 71.2 Å². The van der Waals surface area contributed by atoms with Crippen LogP contribution in [0.5, 0.6) is 0 Å². The van der Waals surface area contributed by atoms with E-state index in [-0.39, 0.29) is 53.4 Å². The Hall–Kier alpha value is -10.5. The molecule has 6 aromatic rings. The lowest BCUT2D eigenvalue weighted by Gasteiger charge is -2.30. The van der Waals surface area contributed by atoms with Crippen molar-refractivity contribution in [1.29, 1.82) is 0 Å². The Kier molecular flexibility index (Phi) is 44.1. The van der Waals surface area contributed by atoms with Crippen molar-refractivity contribution in [3.63, 3.8) is 0 Å². The van der Waals surface area contributed by atoms with Crippen LogP contribution in [-0.4, -0.2) is 233 Å². The lowest BCUT2D eigenvalue weighted by molar-refractivity contribution is -0.164. The SMILES string of the molecule is CCOC(=O)C(C)(C)CCn1cc2c(n1)CC/C(=C/OC)C2.CCOC(=O)C(C)(C)CCn1cc2c(n1)CCC(=O)C2.CCOC(=O)C(C)(C)CCn1cc2c(n1)CCC(C(=O)O)C2.CCOC(=O)C(C)(C)CCn1cc2c(n1)CCC(C=O)C2.CCOC(=O)C(C)(C)CCn1cc2c(n1)CCC1(C2)OCCO1.CCOC(=O)CCCn1cc2c(n1)CCC1(C2)OCCO1.COP(=O)(OC)C(=[N+]=[N-])C(C)=O. The number of aryl methyl sites for hydroxylation is 12. The second-order valence-corrected chi connectivity index (χ2v) is 41.7. The van der Waals surface area contributed by atoms with Gasteiger partial charge in [-0.05, 0) is 253 Å². The van der Waals surface area contributed by atoms with E-state index in [2.05, 4.69) is 63.0 Å². The molecule has 0 aromatic carbocycles. The van der Waals surface area contributed by atoms with E-state index in [4.69, 9.17) is 62.7 Å². The van der Waals surface area contributed by atoms with Gasteiger partial charge in [0.15, 0.2) is 11.6 Å². The molecule has 2 spiro atoms. The van der Waals surface area contributed by atoms with Crippen LogP contribution in [0.4, 0.5) is 0 Å². The largest absolute Gasteiger partial charge is 0.504 e. The van der Waals surface area contributed by atoms with E-state index in [1.807, 2.05) is 157 Å². The van der Waals surface area contributed by atoms with Gasteiger partial charge in [0.2, 0.25) is 5.78 Å². The van der Waals surface area contributed by atoms with Crippen LogP contribution in [-0.2, 0) is 230 Å². The Balaban J connectivity index is 0.000000203. The number of carbonyl (C=O) groups is 10. The number of ketones is 2. The summed E-state index contributed by atoms with van der Waals surface area (Å²) in [6.07, 6.45) is 33.8. The molecule has 2 saturated heterocycles. The molecule has 0 amide bonds. The van der Waals surface area contributed by atoms with Crippen LogP contribution in [0.1, 0.15) is 269 Å². The van der Waals surface area contributed by atoms with Gasteiger partial charge in [0, 0.05) is 160 Å². The molecule has 2 fully saturated rings. The summed E-state index contributed by atoms with van der Waals surface area (Å²) in [7, 11) is 0.178. The maximum Gasteiger partial charge on any atom is 0.446 e. The van der Waals surface area contributed by atoms with Crippen LogP contribution in [0.25, 0.3) is 5.53 Å². The van der Waals surface area contributed by atoms with Gasteiger partial charge in [0.25, 0.3) is 0 Å². The number of Topliss-reactive ketones (excluding diaryl/α,β-unsaturated/α-hetero) is 2. The predicted molar refractivity (Wildman–Crippen MR) is 518 cm³/mol. The van der Waals surface area contributed by atoms with E-state index in [1.54, 1.807) is 14.0 Å². The fourth-order valence-electron chi connectivity index (χ4n) is 17.2. The molecule has 2 unspecified atom stereocenters. The number of allylic oxidation sites excluding steroid dienone is 1. The molecule has 0 bridgehead atoms. The van der Waals surface area contributed by atoms with Gasteiger partial charge in [-0.25, -0.2) is 4.57 Å². The highest BCUT2D eigenvalue weighted by atomic mass is 31.2. The van der Waals surface area contributed by atoms with Crippen molar-refractivity contribution in [2.45, 2.75) is 329 Å². The standard InChI is InChI=1S/C17H26N2O4.C17H26N2O3.C16H24N2O4.C16H24N2O3.C15H22N2O4.C15H22N2O3.C5H9N2O4P/c1-4-21-15(20)16(2,3)7-8-19-12-13-11-17(22-9-10-23-17)6-5-14(13)18-19;1-5-22-16(20)17(2,3)8-9-19-11-14-10-13(12-21-4)6-7-15(14)18-19;1-4-22-15(21)16(2,3)7-8-18-10-12-9-11(14(19)20)5-6-13(12)17-18;1-4-21-15(20)16(2,3)7-8-18-10-13-9-12(11-19)5-6-14(13)17-18;1-2-19-14(18)4-3-7-17-11-12-10-15(20-8-9-21-15)6-5-13(12)16-17;1-4-20-14(19)15(2,3)7-8-17-10-11-9-12(18)5-6-13(11)16-17;1-4(8)5(7-6)12(9,10-2)11-3/h12H,4-11H2,1-3H3;11-12H,5-10H2,1-4H3;10-11H,4-9H2,1-3H3,(H,19,20);10-12H,4-9H2,1-3H3;11H,2-10H2,1H3;10H,4-9H2,1-3H3;1-3H3/b;13-12-;;;;;. The normalized spacial score (nSPS) is 17.2. The van der Waals surface area contributed by atoms with Gasteiger partial charge in [-0.1, -0.05) is 0 Å². The van der Waals surface area contributed by atoms with Crippen LogP contribution in [0.3, 0.4) is 0 Å². The molecule has 0 saturated carbocycles. The average Bonchev–Trinajstić information content (AvgIpc) is 1.64. The summed E-state index contributed by atoms with van der Waals surface area (Å²) >= 11 is 0. The van der Waals surface area contributed by atoms with Gasteiger partial charge in [0.1, 0.15) is 12.1 Å². The second-order valence-electron chi connectivity index (χ2n) is 39.6. The lowest BCUT2D eigenvalue weighted by atomic mass is 9.88. The Morgan fingerprint density at radius 2 is 0.794 bits per heavy atom. The maximum absolute atomic E-state index is 12.0. The highest BCUT2D eigenvalue weighted by Crippen LogP contribution is 2.47. The van der Waals surface area contributed by atoms with Crippen molar-refractivity contribution >= 4 is 72.7 Å². The predicted octanol–water partition coefficient (Wildman–Crippen LogP) is 13.3. The topological polar surface area (TPSA) is 471 Å². The number of fused-ring (bicyclic) bond motifs is 6. The Bertz CT molecular complexity index is 5300. The Labute approximate surface area is 828 Å². The summed E-state index contributed by atoms with van der Waals surface area (Å²) in [5.74, 6) is -3.09. The van der Waals surface area contributed by atoms with Crippen LogP contribution in [0.2, 0.25) is 0 Å². The zero-order valence-electron chi connectivity index (χ0n) is 86.7. The number of aliphatic carboxylic acids is 1. The van der Waals surface area contributed by atoms with Crippen molar-refractivity contribution in [1.82, 2.24) is 58.7 Å². The number of aldehydes is 1. The van der Waals surface area contributed by atoms with Crippen molar-refractivity contribution in [3.05, 3.63) is 122 Å². The number of carboxylic acid groups (broad SMARTS) is 1. The maximum atomic E-state index is 12.0. The average molecular weight is 1990 g/mol. The number of hydrogen-bond acceptors (Lipinski definition) is 30. The summed E-state index contributed by atoms with van der Waals surface area (Å²) in [5.41, 5.74) is 19.9. The van der Waals surface area contributed by atoms with E-state index >= 15 is 0 Å². The summed E-state index contributed by atoms with van der Waals surface area (Å²) in [6, 6.07) is 0. The Morgan fingerprint density at radius 3 is 1.13 bits per heavy atom. The van der Waals surface area contributed by atoms with Crippen molar-refractivity contribution in [3.8, 4) is 0 Å². The summed E-state index contributed by atoms with van der Waals surface area (Å²) in [5, 5.41) is 36.6. The van der Waals surface area contributed by atoms with Gasteiger partial charge >= 0.3 is 54.8 Å². The zero-order valence-corrected chi connectivity index (χ0v) is 87.6. The highest BCUT2D eigenvalue weighted by molar-refractivity contribution is 7.74. The fraction of sp³-hybridized carbons (Fsp3) is 0.693. The van der Waals surface area contributed by atoms with Crippen molar-refractivity contribution < 1.29 is 124 Å². The molecule has 782 valence electrons. The first-order chi connectivity index (χ1) is 66.8. The van der Waals surface area contributed by atoms with E-state index in [9.17, 15) is 52.5 Å². The summed E-state index contributed by atoms with van der Waals surface area (Å²) < 4.78 is 90.3. The molecule has 14 rings (SSSR count). The number of nitrogens with zero attached hydrogens (tertiary/aromatic N) is 14. The lowest BCUT2D eigenvalue weighted by Crippen LogP contribution is -2.36. The van der Waals surface area contributed by atoms with E-state index in [0.29, 0.717) is 163 Å². The van der Waals surface area contributed by atoms with Gasteiger partial charge in [-0.15, -0.1) is 0 Å². The van der Waals surface area contributed by atoms with Gasteiger partial charge in [-0.2, -0.15) is 35.4 Å². The number of aromatic nitrogens is 12. The number of rotatable bonds is 37. The van der Waals surface area contributed by atoms with Crippen LogP contribution in [0.15, 0.2) is 49.0 Å². The number of esters is 6. The first kappa shape index (κ1) is 116. The fourth-order valence-corrected chi connectivity index (χ4v) is 18.2. The monoisotopic (exact) mass is 1990 g/mol. The summed E-state index contributed by atoms with van der Waals surface area (Å²) in [4.78, 5) is 117. The molecule has 6 aliphatic carbocycles. The number of hydrogen-bond donors (Lipinski definition) is 1. The third-order valence-electron chi connectivity index (χ3n) is 26.2. The molecule has 39 nitrogen and oxygen atoms in total. The molecule has 2 aliphatic heterocycles. The van der Waals surface area contributed by atoms with E-state index < -0.39 is 63.5 Å². The second kappa shape index (κ2) is 53.7. The van der Waals surface area contributed by atoms with Gasteiger partial charge < -0.3 is 76.6 Å². The minimum Gasteiger partial charge on any atom is -0.504 e. The highest BCUT2D eigenvalue weighted by Gasteiger charge is 2.45. The molecule has 8 heterocycles. The van der Waals surface area contributed by atoms with Crippen LogP contribution < -0.4 is 0 Å². The van der Waals surface area contributed by atoms with Gasteiger partial charge in [0.05, 0.1) is 147 Å². The van der Waals surface area contributed by atoms with E-state index in [1.165, 1.54) is 33.5 Å². The molecule has 2 atom stereocenters. The molecule has 40 heteroatoms. The third-order valence-corrected chi connectivity index (χ3v) is 28.0. The minimum atomic E-state index is -3.70. The number of methoxy groups -OCH3 is 1. The third kappa shape index (κ3) is 34.1. The minimum absolute atomic E-state index is 0.131. The first-order valence-corrected chi connectivity index (χ1v) is 51.1. The number of carbonyl (C=O) groups excluding carboxylic acids is 9.